The number of carbonyl (C=O) groups excluding carboxylic acids is 1. The minimum atomic E-state index is -0.854. The molecule has 5 heteroatoms. The summed E-state index contributed by atoms with van der Waals surface area (Å²) in [4.78, 5) is 22.2. The third-order valence-electron chi connectivity index (χ3n) is 2.53. The summed E-state index contributed by atoms with van der Waals surface area (Å²) in [6.07, 6.45) is 1.14. The van der Waals surface area contributed by atoms with Crippen LogP contribution in [0.3, 0.4) is 0 Å². The molecule has 0 aliphatic heterocycles. The summed E-state index contributed by atoms with van der Waals surface area (Å²) in [5.41, 5.74) is 7.01. The summed E-state index contributed by atoms with van der Waals surface area (Å²) in [6.45, 7) is 0.853. The third-order valence-corrected chi connectivity index (χ3v) is 2.53. The molecule has 1 rings (SSSR count). The standard InChI is InChI=1S/C13H18N2O3/c14-8-7-10-4-1-2-5-11(10)13(18)15-9-3-6-12(16)17/h1-2,4-5H,3,6-9,14H2,(H,15,18)(H,16,17). The largest absolute Gasteiger partial charge is 0.481 e. The lowest BCUT2D eigenvalue weighted by Crippen LogP contribution is -2.26. The van der Waals surface area contributed by atoms with Gasteiger partial charge in [0, 0.05) is 18.5 Å². The molecule has 18 heavy (non-hydrogen) atoms. The summed E-state index contributed by atoms with van der Waals surface area (Å²) in [6, 6.07) is 7.29. The summed E-state index contributed by atoms with van der Waals surface area (Å²) in [5, 5.41) is 11.2. The van der Waals surface area contributed by atoms with Crippen LogP contribution in [0, 0.1) is 0 Å². The zero-order valence-corrected chi connectivity index (χ0v) is 10.2. The van der Waals surface area contributed by atoms with Crippen LogP contribution in [0.5, 0.6) is 0 Å². The van der Waals surface area contributed by atoms with Crippen molar-refractivity contribution in [3.05, 3.63) is 35.4 Å². The number of carbonyl (C=O) groups is 2. The molecule has 0 spiro atoms. The highest BCUT2D eigenvalue weighted by atomic mass is 16.4. The average molecular weight is 250 g/mol. The van der Waals surface area contributed by atoms with E-state index >= 15 is 0 Å². The van der Waals surface area contributed by atoms with E-state index in [2.05, 4.69) is 5.32 Å². The van der Waals surface area contributed by atoms with Crippen molar-refractivity contribution in [2.45, 2.75) is 19.3 Å². The number of carboxylic acid groups (broad SMARTS) is 1. The summed E-state index contributed by atoms with van der Waals surface area (Å²) in [7, 11) is 0. The minimum absolute atomic E-state index is 0.0602. The zero-order valence-electron chi connectivity index (χ0n) is 10.2. The molecule has 5 nitrogen and oxygen atoms in total. The molecule has 0 saturated heterocycles. The van der Waals surface area contributed by atoms with Gasteiger partial charge in [-0.3, -0.25) is 9.59 Å². The van der Waals surface area contributed by atoms with Gasteiger partial charge in [-0.2, -0.15) is 0 Å². The number of benzene rings is 1. The van der Waals surface area contributed by atoms with Crippen molar-refractivity contribution in [1.82, 2.24) is 5.32 Å². The van der Waals surface area contributed by atoms with E-state index in [-0.39, 0.29) is 12.3 Å². The summed E-state index contributed by atoms with van der Waals surface area (Å²) < 4.78 is 0. The third kappa shape index (κ3) is 4.55. The Bertz CT molecular complexity index is 418. The molecule has 0 atom stereocenters. The van der Waals surface area contributed by atoms with Crippen LogP contribution in [-0.2, 0) is 11.2 Å². The van der Waals surface area contributed by atoms with Crippen LogP contribution in [0.4, 0.5) is 0 Å². The molecule has 0 heterocycles. The number of nitrogens with one attached hydrogen (secondary N) is 1. The van der Waals surface area contributed by atoms with Gasteiger partial charge < -0.3 is 16.2 Å². The number of nitrogens with two attached hydrogens (primary N) is 1. The Kier molecular flexibility index (Phi) is 5.87. The number of carboxylic acids is 1. The van der Waals surface area contributed by atoms with Crippen molar-refractivity contribution in [2.24, 2.45) is 5.73 Å². The fraction of sp³-hybridized carbons (Fsp3) is 0.385. The number of amides is 1. The molecule has 98 valence electrons. The zero-order chi connectivity index (χ0) is 13.4. The molecule has 0 radical (unpaired) electrons. The maximum Gasteiger partial charge on any atom is 0.303 e. The summed E-state index contributed by atoms with van der Waals surface area (Å²) in [5.74, 6) is -1.03. The van der Waals surface area contributed by atoms with Gasteiger partial charge >= 0.3 is 5.97 Å². The molecular weight excluding hydrogens is 232 g/mol. The highest BCUT2D eigenvalue weighted by Gasteiger charge is 2.09. The molecule has 0 aromatic heterocycles. The first-order valence-corrected chi connectivity index (χ1v) is 5.93. The van der Waals surface area contributed by atoms with Crippen LogP contribution >= 0.6 is 0 Å². The van der Waals surface area contributed by atoms with Crippen molar-refractivity contribution < 1.29 is 14.7 Å². The fourth-order valence-corrected chi connectivity index (χ4v) is 1.65. The second kappa shape index (κ2) is 7.45. The molecule has 0 unspecified atom stereocenters. The Morgan fingerprint density at radius 2 is 2.00 bits per heavy atom. The lowest BCUT2D eigenvalue weighted by Gasteiger charge is -2.09. The molecule has 1 aromatic rings. The molecule has 0 saturated carbocycles. The van der Waals surface area contributed by atoms with Gasteiger partial charge in [0.05, 0.1) is 0 Å². The van der Waals surface area contributed by atoms with E-state index in [0.29, 0.717) is 31.5 Å². The van der Waals surface area contributed by atoms with E-state index in [4.69, 9.17) is 10.8 Å². The van der Waals surface area contributed by atoms with Crippen LogP contribution in [0.15, 0.2) is 24.3 Å². The first kappa shape index (κ1) is 14.2. The van der Waals surface area contributed by atoms with Crippen LogP contribution in [0.1, 0.15) is 28.8 Å². The van der Waals surface area contributed by atoms with Gasteiger partial charge in [-0.15, -0.1) is 0 Å². The van der Waals surface area contributed by atoms with E-state index in [1.807, 2.05) is 12.1 Å². The van der Waals surface area contributed by atoms with Crippen molar-refractivity contribution in [3.8, 4) is 0 Å². The maximum absolute atomic E-state index is 11.9. The molecule has 0 bridgehead atoms. The predicted molar refractivity (Wildman–Crippen MR) is 68.4 cm³/mol. The van der Waals surface area contributed by atoms with Crippen LogP contribution < -0.4 is 11.1 Å². The Hall–Kier alpha value is -1.88. The SMILES string of the molecule is NCCc1ccccc1C(=O)NCCCC(=O)O. The van der Waals surface area contributed by atoms with Crippen molar-refractivity contribution in [2.75, 3.05) is 13.1 Å². The number of aliphatic carboxylic acids is 1. The molecule has 1 aromatic carbocycles. The Morgan fingerprint density at radius 3 is 2.67 bits per heavy atom. The highest BCUT2D eigenvalue weighted by Crippen LogP contribution is 2.09. The normalized spacial score (nSPS) is 10.1. The average Bonchev–Trinajstić information content (AvgIpc) is 2.35. The van der Waals surface area contributed by atoms with E-state index in [9.17, 15) is 9.59 Å². The van der Waals surface area contributed by atoms with Gasteiger partial charge in [0.1, 0.15) is 0 Å². The first-order chi connectivity index (χ1) is 8.65. The van der Waals surface area contributed by atoms with Crippen molar-refractivity contribution in [3.63, 3.8) is 0 Å². The molecule has 1 amide bonds. The van der Waals surface area contributed by atoms with Crippen molar-refractivity contribution in [1.29, 1.82) is 0 Å². The smallest absolute Gasteiger partial charge is 0.303 e. The predicted octanol–water partition coefficient (Wildman–Crippen LogP) is 0.782. The van der Waals surface area contributed by atoms with Gasteiger partial charge in [0.25, 0.3) is 5.91 Å². The van der Waals surface area contributed by atoms with Gasteiger partial charge in [-0.05, 0) is 31.0 Å². The lowest BCUT2D eigenvalue weighted by atomic mass is 10.0. The van der Waals surface area contributed by atoms with E-state index < -0.39 is 5.97 Å². The lowest BCUT2D eigenvalue weighted by molar-refractivity contribution is -0.137. The van der Waals surface area contributed by atoms with Crippen LogP contribution in [0.25, 0.3) is 0 Å². The van der Waals surface area contributed by atoms with Crippen molar-refractivity contribution >= 4 is 11.9 Å². The van der Waals surface area contributed by atoms with E-state index in [1.54, 1.807) is 12.1 Å². The fourth-order valence-electron chi connectivity index (χ4n) is 1.65. The quantitative estimate of drug-likeness (QED) is 0.623. The molecule has 4 N–H and O–H groups in total. The first-order valence-electron chi connectivity index (χ1n) is 5.93. The molecule has 0 aliphatic rings. The number of hydrogen-bond donors (Lipinski definition) is 3. The van der Waals surface area contributed by atoms with Gasteiger partial charge in [-0.1, -0.05) is 18.2 Å². The van der Waals surface area contributed by atoms with Crippen LogP contribution in [0.2, 0.25) is 0 Å². The van der Waals surface area contributed by atoms with E-state index in [1.165, 1.54) is 0 Å². The maximum atomic E-state index is 11.9. The minimum Gasteiger partial charge on any atom is -0.481 e. The Balaban J connectivity index is 2.53. The number of hydrogen-bond acceptors (Lipinski definition) is 3. The second-order valence-electron chi connectivity index (χ2n) is 3.95. The Morgan fingerprint density at radius 1 is 1.28 bits per heavy atom. The van der Waals surface area contributed by atoms with E-state index in [0.717, 1.165) is 5.56 Å². The van der Waals surface area contributed by atoms with Gasteiger partial charge in [-0.25, -0.2) is 0 Å². The Labute approximate surface area is 106 Å². The monoisotopic (exact) mass is 250 g/mol. The highest BCUT2D eigenvalue weighted by molar-refractivity contribution is 5.95. The van der Waals surface area contributed by atoms with Crippen LogP contribution in [-0.4, -0.2) is 30.1 Å². The molecular formula is C13H18N2O3. The molecule has 0 aliphatic carbocycles. The number of rotatable bonds is 7. The van der Waals surface area contributed by atoms with Gasteiger partial charge in [0.15, 0.2) is 0 Å². The second-order valence-corrected chi connectivity index (χ2v) is 3.95. The summed E-state index contributed by atoms with van der Waals surface area (Å²) >= 11 is 0. The molecule has 0 fully saturated rings. The van der Waals surface area contributed by atoms with Gasteiger partial charge in [0.2, 0.25) is 0 Å². The topological polar surface area (TPSA) is 92.4 Å².